The molecule has 0 aliphatic heterocycles. The number of nitrogens with one attached hydrogen (secondary N) is 2. The molecule has 0 aliphatic rings. The van der Waals surface area contributed by atoms with Gasteiger partial charge in [0.1, 0.15) is 5.75 Å². The van der Waals surface area contributed by atoms with Crippen LogP contribution < -0.4 is 5.32 Å². The Morgan fingerprint density at radius 3 is 3.00 bits per heavy atom. The number of phenols is 1. The van der Waals surface area contributed by atoms with E-state index < -0.39 is 0 Å². The van der Waals surface area contributed by atoms with Gasteiger partial charge in [0.2, 0.25) is 12.2 Å². The smallest absolute Gasteiger partial charge is 0.211 e. The van der Waals surface area contributed by atoms with Crippen molar-refractivity contribution in [2.75, 3.05) is 5.32 Å². The second kappa shape index (κ2) is 3.74. The van der Waals surface area contributed by atoms with Crippen LogP contribution in [0.1, 0.15) is 0 Å². The summed E-state index contributed by atoms with van der Waals surface area (Å²) in [7, 11) is 0. The number of aromatic nitrogens is 4. The van der Waals surface area contributed by atoms with E-state index in [1.165, 1.54) is 6.07 Å². The van der Waals surface area contributed by atoms with Gasteiger partial charge < -0.3 is 10.4 Å². The maximum atomic E-state index is 10.3. The topological polar surface area (TPSA) is 104 Å². The third-order valence-electron chi connectivity index (χ3n) is 1.81. The molecule has 1 aromatic heterocycles. The number of aromatic amines is 1. The van der Waals surface area contributed by atoms with Gasteiger partial charge in [-0.1, -0.05) is 0 Å². The Kier molecular flexibility index (Phi) is 2.28. The van der Waals surface area contributed by atoms with Crippen molar-refractivity contribution in [3.8, 4) is 17.1 Å². The van der Waals surface area contributed by atoms with Crippen LogP contribution in [0.15, 0.2) is 18.2 Å². The van der Waals surface area contributed by atoms with E-state index in [0.29, 0.717) is 23.5 Å². The fourth-order valence-corrected chi connectivity index (χ4v) is 1.14. The van der Waals surface area contributed by atoms with Crippen molar-refractivity contribution in [1.82, 2.24) is 20.6 Å². The predicted octanol–water partition coefficient (Wildman–Crippen LogP) is 0.141. The lowest BCUT2D eigenvalue weighted by Crippen LogP contribution is -1.94. The number of phenolic OH excluding ortho intramolecular Hbond substituents is 1. The number of carbonyl (C=O) groups is 1. The number of rotatable bonds is 3. The van der Waals surface area contributed by atoms with Crippen molar-refractivity contribution in [1.29, 1.82) is 0 Å². The third-order valence-corrected chi connectivity index (χ3v) is 1.81. The number of nitrogens with zero attached hydrogens (tertiary/aromatic N) is 3. The Bertz CT molecular complexity index is 468. The summed E-state index contributed by atoms with van der Waals surface area (Å²) in [5.41, 5.74) is 0.943. The number of amides is 1. The highest BCUT2D eigenvalue weighted by Gasteiger charge is 2.06. The van der Waals surface area contributed by atoms with Crippen molar-refractivity contribution in [2.45, 2.75) is 0 Å². The molecule has 2 aromatic rings. The van der Waals surface area contributed by atoms with Crippen molar-refractivity contribution in [2.24, 2.45) is 0 Å². The summed E-state index contributed by atoms with van der Waals surface area (Å²) < 4.78 is 0. The fourth-order valence-electron chi connectivity index (χ4n) is 1.14. The molecule has 15 heavy (non-hydrogen) atoms. The molecule has 0 spiro atoms. The van der Waals surface area contributed by atoms with Crippen molar-refractivity contribution >= 4 is 12.1 Å². The molecule has 0 atom stereocenters. The second-order valence-corrected chi connectivity index (χ2v) is 2.73. The van der Waals surface area contributed by atoms with Crippen molar-refractivity contribution in [3.05, 3.63) is 18.2 Å². The van der Waals surface area contributed by atoms with Crippen LogP contribution in [0.5, 0.6) is 5.75 Å². The first-order chi connectivity index (χ1) is 7.31. The van der Waals surface area contributed by atoms with Crippen molar-refractivity contribution < 1.29 is 9.90 Å². The molecular formula is C8H7N5O2. The average molecular weight is 205 g/mol. The molecular weight excluding hydrogens is 198 g/mol. The van der Waals surface area contributed by atoms with E-state index in [4.69, 9.17) is 0 Å². The highest BCUT2D eigenvalue weighted by atomic mass is 16.3. The molecule has 1 amide bonds. The highest BCUT2D eigenvalue weighted by Crippen LogP contribution is 2.27. The van der Waals surface area contributed by atoms with E-state index in [9.17, 15) is 9.90 Å². The Balaban J connectivity index is 2.42. The normalized spacial score (nSPS) is 9.87. The van der Waals surface area contributed by atoms with Crippen LogP contribution in [0.3, 0.4) is 0 Å². The molecule has 1 heterocycles. The molecule has 0 radical (unpaired) electrons. The molecule has 1 aromatic carbocycles. The van der Waals surface area contributed by atoms with Crippen LogP contribution >= 0.6 is 0 Å². The molecule has 0 saturated heterocycles. The zero-order chi connectivity index (χ0) is 10.7. The summed E-state index contributed by atoms with van der Waals surface area (Å²) in [6.45, 7) is 0. The van der Waals surface area contributed by atoms with Gasteiger partial charge in [0, 0.05) is 5.56 Å². The van der Waals surface area contributed by atoms with Gasteiger partial charge in [-0.05, 0) is 23.4 Å². The van der Waals surface area contributed by atoms with Crippen LogP contribution in [0, 0.1) is 0 Å². The average Bonchev–Trinajstić information content (AvgIpc) is 2.75. The third kappa shape index (κ3) is 1.75. The summed E-state index contributed by atoms with van der Waals surface area (Å²) in [5, 5.41) is 25.0. The lowest BCUT2D eigenvalue weighted by molar-refractivity contribution is -0.105. The molecule has 7 heteroatoms. The molecule has 3 N–H and O–H groups in total. The lowest BCUT2D eigenvalue weighted by Gasteiger charge is -2.03. The maximum Gasteiger partial charge on any atom is 0.211 e. The molecule has 0 bridgehead atoms. The van der Waals surface area contributed by atoms with E-state index in [2.05, 4.69) is 25.9 Å². The zero-order valence-electron chi connectivity index (χ0n) is 7.51. The molecule has 0 fully saturated rings. The molecule has 7 nitrogen and oxygen atoms in total. The van der Waals surface area contributed by atoms with E-state index in [1.54, 1.807) is 12.1 Å². The summed E-state index contributed by atoms with van der Waals surface area (Å²) in [4.78, 5) is 10.3. The van der Waals surface area contributed by atoms with Gasteiger partial charge in [0.05, 0.1) is 5.69 Å². The minimum Gasteiger partial charge on any atom is -0.506 e. The zero-order valence-corrected chi connectivity index (χ0v) is 7.51. The molecule has 76 valence electrons. The number of tetrazole rings is 1. The number of benzene rings is 1. The minimum atomic E-state index is -0.0191. The van der Waals surface area contributed by atoms with Gasteiger partial charge in [0.25, 0.3) is 0 Å². The maximum absolute atomic E-state index is 10.3. The van der Waals surface area contributed by atoms with Crippen molar-refractivity contribution in [3.63, 3.8) is 0 Å². The monoisotopic (exact) mass is 205 g/mol. The number of aromatic hydroxyl groups is 1. The van der Waals surface area contributed by atoms with E-state index in [0.717, 1.165) is 0 Å². The van der Waals surface area contributed by atoms with Crippen LogP contribution in [-0.2, 0) is 4.79 Å². The number of hydrogen-bond acceptors (Lipinski definition) is 5. The number of anilines is 1. The van der Waals surface area contributed by atoms with E-state index in [1.807, 2.05) is 0 Å². The summed E-state index contributed by atoms with van der Waals surface area (Å²) in [6.07, 6.45) is 0.481. The fraction of sp³-hybridized carbons (Fsp3) is 0. The predicted molar refractivity (Wildman–Crippen MR) is 51.0 cm³/mol. The van der Waals surface area contributed by atoms with Crippen LogP contribution in [0.4, 0.5) is 5.69 Å². The van der Waals surface area contributed by atoms with Gasteiger partial charge in [-0.3, -0.25) is 4.79 Å². The van der Waals surface area contributed by atoms with Crippen LogP contribution in [0.2, 0.25) is 0 Å². The van der Waals surface area contributed by atoms with E-state index >= 15 is 0 Å². The Morgan fingerprint density at radius 2 is 2.33 bits per heavy atom. The summed E-state index contributed by atoms with van der Waals surface area (Å²) >= 11 is 0. The summed E-state index contributed by atoms with van der Waals surface area (Å²) in [6, 6.07) is 4.61. The van der Waals surface area contributed by atoms with Gasteiger partial charge >= 0.3 is 0 Å². The highest BCUT2D eigenvalue weighted by molar-refractivity contribution is 5.78. The molecule has 0 aliphatic carbocycles. The Morgan fingerprint density at radius 1 is 1.47 bits per heavy atom. The molecule has 0 saturated carbocycles. The van der Waals surface area contributed by atoms with Gasteiger partial charge in [-0.25, -0.2) is 0 Å². The van der Waals surface area contributed by atoms with Crippen LogP contribution in [-0.4, -0.2) is 32.1 Å². The Labute approximate surface area is 84.1 Å². The number of hydrogen-bond donors (Lipinski definition) is 3. The summed E-state index contributed by atoms with van der Waals surface area (Å²) in [5.74, 6) is 0.373. The first-order valence-electron chi connectivity index (χ1n) is 4.08. The standard InChI is InChI=1S/C8H7N5O2/c14-4-9-6-3-5(1-2-7(6)15)8-10-12-13-11-8/h1-4,15H,(H,9,14)(H,10,11,12,13). The molecule has 2 rings (SSSR count). The quantitative estimate of drug-likeness (QED) is 0.488. The van der Waals surface area contributed by atoms with Gasteiger partial charge in [0.15, 0.2) is 0 Å². The molecule has 0 unspecified atom stereocenters. The number of carbonyl (C=O) groups excluding carboxylic acids is 1. The minimum absolute atomic E-state index is 0.0191. The van der Waals surface area contributed by atoms with Gasteiger partial charge in [-0.2, -0.15) is 5.21 Å². The van der Waals surface area contributed by atoms with E-state index in [-0.39, 0.29) is 5.75 Å². The second-order valence-electron chi connectivity index (χ2n) is 2.73. The first kappa shape index (κ1) is 9.13. The first-order valence-corrected chi connectivity index (χ1v) is 4.08. The Hall–Kier alpha value is -2.44. The van der Waals surface area contributed by atoms with Crippen LogP contribution in [0.25, 0.3) is 11.4 Å². The largest absolute Gasteiger partial charge is 0.506 e. The van der Waals surface area contributed by atoms with Gasteiger partial charge in [-0.15, -0.1) is 10.2 Å². The SMILES string of the molecule is O=CNc1cc(-c2nn[nH]n2)ccc1O. The number of H-pyrrole nitrogens is 1. The lowest BCUT2D eigenvalue weighted by atomic mass is 10.2.